The van der Waals surface area contributed by atoms with Crippen LogP contribution in [0.15, 0.2) is 36.4 Å². The van der Waals surface area contributed by atoms with Gasteiger partial charge in [0.1, 0.15) is 11.2 Å². The highest BCUT2D eigenvalue weighted by atomic mass is 35.5. The lowest BCUT2D eigenvalue weighted by molar-refractivity contribution is -0.141. The Morgan fingerprint density at radius 3 is 2.46 bits per heavy atom. The first-order chi connectivity index (χ1) is 18.6. The van der Waals surface area contributed by atoms with Crippen LogP contribution in [-0.2, 0) is 4.79 Å². The van der Waals surface area contributed by atoms with E-state index in [1.165, 1.54) is 0 Å². The molecule has 2 aromatic rings. The van der Waals surface area contributed by atoms with Gasteiger partial charge >= 0.3 is 5.97 Å². The highest BCUT2D eigenvalue weighted by Crippen LogP contribution is 2.36. The van der Waals surface area contributed by atoms with Gasteiger partial charge in [0, 0.05) is 38.3 Å². The molecule has 2 unspecified atom stereocenters. The van der Waals surface area contributed by atoms with E-state index in [1.807, 2.05) is 30.0 Å². The van der Waals surface area contributed by atoms with Crippen LogP contribution in [0.1, 0.15) is 66.3 Å². The van der Waals surface area contributed by atoms with Crippen LogP contribution in [0.5, 0.6) is 0 Å². The molecule has 4 rings (SSSR count). The minimum atomic E-state index is -0.862. The molecule has 2 saturated heterocycles. The summed E-state index contributed by atoms with van der Waals surface area (Å²) in [5, 5.41) is 13.7. The smallest absolute Gasteiger partial charge is 0.326 e. The zero-order valence-corrected chi connectivity index (χ0v) is 24.6. The number of benzene rings is 1. The van der Waals surface area contributed by atoms with Crippen LogP contribution in [0.2, 0.25) is 5.15 Å². The summed E-state index contributed by atoms with van der Waals surface area (Å²) < 4.78 is 0. The van der Waals surface area contributed by atoms with Crippen LogP contribution < -0.4 is 5.32 Å². The van der Waals surface area contributed by atoms with Crippen molar-refractivity contribution in [2.75, 3.05) is 26.2 Å². The first-order valence-corrected chi connectivity index (χ1v) is 14.4. The van der Waals surface area contributed by atoms with Gasteiger partial charge in [-0.3, -0.25) is 4.79 Å². The Morgan fingerprint density at radius 1 is 1.18 bits per heavy atom. The maximum absolute atomic E-state index is 12.8. The molecule has 210 valence electrons. The highest BCUT2D eigenvalue weighted by molar-refractivity contribution is 7.80. The summed E-state index contributed by atoms with van der Waals surface area (Å²) in [5.74, 6) is -0.978. The number of rotatable bonds is 9. The molecule has 1 aromatic heterocycles. The number of carboxylic acid groups (broad SMARTS) is 1. The zero-order chi connectivity index (χ0) is 28.3. The Bertz CT molecular complexity index is 1180. The molecular formula is C29H38ClN5O3S. The molecule has 39 heavy (non-hydrogen) atoms. The number of carbonyl (C=O) groups excluding carboxylic acids is 1. The monoisotopic (exact) mass is 571 g/mol. The van der Waals surface area contributed by atoms with Crippen molar-refractivity contribution in [1.82, 2.24) is 25.0 Å². The lowest BCUT2D eigenvalue weighted by Crippen LogP contribution is -2.50. The Labute approximate surface area is 241 Å². The number of hydrogen-bond acceptors (Lipinski definition) is 5. The van der Waals surface area contributed by atoms with Gasteiger partial charge in [-0.25, -0.2) is 9.78 Å². The third-order valence-corrected chi connectivity index (χ3v) is 8.78. The highest BCUT2D eigenvalue weighted by Gasteiger charge is 2.43. The second-order valence-electron chi connectivity index (χ2n) is 10.7. The van der Waals surface area contributed by atoms with E-state index in [0.717, 1.165) is 43.5 Å². The van der Waals surface area contributed by atoms with Gasteiger partial charge in [-0.15, -0.1) is 0 Å². The van der Waals surface area contributed by atoms with Crippen molar-refractivity contribution < 1.29 is 14.7 Å². The second kappa shape index (κ2) is 12.6. The van der Waals surface area contributed by atoms with Gasteiger partial charge in [-0.05, 0) is 76.4 Å². The van der Waals surface area contributed by atoms with Crippen molar-refractivity contribution in [3.8, 4) is 0 Å². The molecule has 3 atom stereocenters. The van der Waals surface area contributed by atoms with Gasteiger partial charge in [0.15, 0.2) is 5.11 Å². The van der Waals surface area contributed by atoms with Crippen molar-refractivity contribution in [1.29, 1.82) is 0 Å². The lowest BCUT2D eigenvalue weighted by atomic mass is 9.98. The first kappa shape index (κ1) is 29.2. The molecule has 0 aliphatic carbocycles. The van der Waals surface area contributed by atoms with Crippen LogP contribution in [0, 0.1) is 13.8 Å². The average molecular weight is 572 g/mol. The lowest BCUT2D eigenvalue weighted by Gasteiger charge is -2.42. The van der Waals surface area contributed by atoms with Gasteiger partial charge in [0.05, 0.1) is 17.3 Å². The summed E-state index contributed by atoms with van der Waals surface area (Å²) in [7, 11) is 0. The molecule has 0 saturated carbocycles. The Balaban J connectivity index is 1.34. The van der Waals surface area contributed by atoms with Crippen LogP contribution in [0.25, 0.3) is 0 Å². The molecule has 0 spiro atoms. The molecule has 2 N–H and O–H groups in total. The predicted molar refractivity (Wildman–Crippen MR) is 157 cm³/mol. The molecule has 0 radical (unpaired) electrons. The van der Waals surface area contributed by atoms with Crippen molar-refractivity contribution >= 4 is 40.8 Å². The number of carboxylic acids is 1. The van der Waals surface area contributed by atoms with Crippen LogP contribution >= 0.6 is 23.8 Å². The van der Waals surface area contributed by atoms with Crippen LogP contribution in [0.4, 0.5) is 0 Å². The van der Waals surface area contributed by atoms with E-state index in [2.05, 4.69) is 39.2 Å². The number of hydrogen-bond donors (Lipinski definition) is 2. The van der Waals surface area contributed by atoms with E-state index < -0.39 is 12.0 Å². The Hall–Kier alpha value is -2.75. The summed E-state index contributed by atoms with van der Waals surface area (Å²) in [6.07, 6.45) is 2.74. The predicted octanol–water partition coefficient (Wildman–Crippen LogP) is 4.44. The van der Waals surface area contributed by atoms with Crippen molar-refractivity contribution in [3.05, 3.63) is 63.9 Å². The number of aliphatic carboxylic acids is 1. The first-order valence-electron chi connectivity index (χ1n) is 13.6. The summed E-state index contributed by atoms with van der Waals surface area (Å²) in [4.78, 5) is 35.4. The van der Waals surface area contributed by atoms with Gasteiger partial charge in [0.25, 0.3) is 5.91 Å². The molecule has 1 aromatic carbocycles. The molecule has 3 heterocycles. The summed E-state index contributed by atoms with van der Waals surface area (Å²) in [6.45, 7) is 10.6. The normalized spacial score (nSPS) is 20.2. The van der Waals surface area contributed by atoms with Crippen molar-refractivity contribution in [3.63, 3.8) is 0 Å². The third kappa shape index (κ3) is 6.53. The van der Waals surface area contributed by atoms with E-state index in [-0.39, 0.29) is 18.0 Å². The SMILES string of the molecule is Cc1cc(Cl)nc(C)c1C(=O)NCCC(C)N1CCC(N2C(=S)N(C(C)C(=O)O)C[C@H]2c2ccccc2)CC1. The number of nitrogens with zero attached hydrogens (tertiary/aromatic N) is 4. The van der Waals surface area contributed by atoms with Gasteiger partial charge in [0.2, 0.25) is 0 Å². The molecule has 2 aliphatic heterocycles. The second-order valence-corrected chi connectivity index (χ2v) is 11.4. The van der Waals surface area contributed by atoms with Gasteiger partial charge in [-0.1, -0.05) is 41.9 Å². The van der Waals surface area contributed by atoms with Crippen LogP contribution in [-0.4, -0.2) is 86.1 Å². The number of nitrogens with one attached hydrogen (secondary N) is 1. The van der Waals surface area contributed by atoms with E-state index in [1.54, 1.807) is 19.9 Å². The van der Waals surface area contributed by atoms with E-state index >= 15 is 0 Å². The fourth-order valence-corrected chi connectivity index (χ4v) is 6.64. The third-order valence-electron chi connectivity index (χ3n) is 8.14. The molecular weight excluding hydrogens is 534 g/mol. The average Bonchev–Trinajstić information content (AvgIpc) is 3.24. The number of halogens is 1. The number of amides is 1. The van der Waals surface area contributed by atoms with Gasteiger partial charge in [-0.2, -0.15) is 0 Å². The number of aromatic nitrogens is 1. The molecule has 8 nitrogen and oxygen atoms in total. The van der Waals surface area contributed by atoms with E-state index in [0.29, 0.717) is 40.7 Å². The zero-order valence-electron chi connectivity index (χ0n) is 23.1. The number of pyridine rings is 1. The minimum Gasteiger partial charge on any atom is -0.480 e. The Morgan fingerprint density at radius 2 is 1.85 bits per heavy atom. The van der Waals surface area contributed by atoms with Crippen LogP contribution in [0.3, 0.4) is 0 Å². The van der Waals surface area contributed by atoms with E-state index in [4.69, 9.17) is 23.8 Å². The number of likely N-dealkylation sites (tertiary alicyclic amines) is 1. The molecule has 1 amide bonds. The maximum atomic E-state index is 12.8. The number of aryl methyl sites for hydroxylation is 2. The largest absolute Gasteiger partial charge is 0.480 e. The molecule has 2 fully saturated rings. The quantitative estimate of drug-likeness (QED) is 0.337. The van der Waals surface area contributed by atoms with Gasteiger partial charge < -0.3 is 25.1 Å². The van der Waals surface area contributed by atoms with E-state index in [9.17, 15) is 14.7 Å². The Kier molecular flexibility index (Phi) is 9.46. The summed E-state index contributed by atoms with van der Waals surface area (Å²) in [5.41, 5.74) is 3.21. The van der Waals surface area contributed by atoms with Crippen molar-refractivity contribution in [2.45, 2.75) is 71.1 Å². The minimum absolute atomic E-state index is 0.0407. The maximum Gasteiger partial charge on any atom is 0.326 e. The standard InChI is InChI=1S/C29H38ClN5O3S/c1-18-16-25(30)32-20(3)26(18)27(36)31-13-10-19(2)33-14-11-23(12-15-33)35-24(22-8-6-5-7-9-22)17-34(29(35)39)21(4)28(37)38/h5-9,16,19,21,23-24H,10-15,17H2,1-4H3,(H,31,36)(H,37,38)/t19?,21?,24-/m0/s1. The molecule has 10 heteroatoms. The summed E-state index contributed by atoms with van der Waals surface area (Å²) in [6, 6.07) is 11.9. The van der Waals surface area contributed by atoms with Crippen molar-refractivity contribution in [2.24, 2.45) is 0 Å². The molecule has 2 aliphatic rings. The fraction of sp³-hybridized carbons (Fsp3) is 0.517. The number of carbonyl (C=O) groups is 2. The number of thiocarbonyl (C=S) groups is 1. The number of piperidine rings is 1. The molecule has 0 bridgehead atoms. The topological polar surface area (TPSA) is 89.0 Å². The summed E-state index contributed by atoms with van der Waals surface area (Å²) >= 11 is 11.9. The fourth-order valence-electron chi connectivity index (χ4n) is 5.84.